The first-order chi connectivity index (χ1) is 14.5. The predicted molar refractivity (Wildman–Crippen MR) is 117 cm³/mol. The van der Waals surface area contributed by atoms with Crippen LogP contribution in [0.1, 0.15) is 11.4 Å². The first-order valence-corrected chi connectivity index (χ1v) is 10.3. The van der Waals surface area contributed by atoms with E-state index in [0.717, 1.165) is 16.6 Å². The van der Waals surface area contributed by atoms with Gasteiger partial charge in [-0.1, -0.05) is 23.9 Å². The minimum atomic E-state index is -0.121. The van der Waals surface area contributed by atoms with E-state index < -0.39 is 0 Å². The Labute approximate surface area is 177 Å². The highest BCUT2D eigenvalue weighted by atomic mass is 32.2. The van der Waals surface area contributed by atoms with Gasteiger partial charge in [-0.15, -0.1) is 5.10 Å². The normalized spacial score (nSPS) is 11.1. The molecule has 9 heteroatoms. The summed E-state index contributed by atoms with van der Waals surface area (Å²) in [6, 6.07) is 11.3. The van der Waals surface area contributed by atoms with Crippen molar-refractivity contribution >= 4 is 39.9 Å². The van der Waals surface area contributed by atoms with Crippen molar-refractivity contribution in [2.75, 3.05) is 25.3 Å². The van der Waals surface area contributed by atoms with Gasteiger partial charge in [0.15, 0.2) is 22.3 Å². The number of rotatable bonds is 6. The summed E-state index contributed by atoms with van der Waals surface area (Å²) in [5, 5.41) is 8.73. The van der Waals surface area contributed by atoms with E-state index in [-0.39, 0.29) is 11.7 Å². The highest BCUT2D eigenvalue weighted by Gasteiger charge is 2.17. The van der Waals surface area contributed by atoms with Crippen molar-refractivity contribution in [3.05, 3.63) is 47.8 Å². The van der Waals surface area contributed by atoms with Gasteiger partial charge in [-0.25, -0.2) is 9.97 Å². The lowest BCUT2D eigenvalue weighted by molar-refractivity contribution is -0.113. The minimum Gasteiger partial charge on any atom is -0.493 e. The molecule has 8 nitrogen and oxygen atoms in total. The molecule has 30 heavy (non-hydrogen) atoms. The molecule has 0 spiro atoms. The standard InChI is InChI=1S/C21H21N5O3S/c1-12-6-5-7-14(8-12)23-19(27)11-30-21-24-16-10-18(29-4)17(28-3)9-15(16)20-22-13(2)25-26(20)21/h5-10H,11H2,1-4H3,(H,23,27). The smallest absolute Gasteiger partial charge is 0.234 e. The molecule has 0 saturated carbocycles. The van der Waals surface area contributed by atoms with E-state index in [1.54, 1.807) is 24.8 Å². The van der Waals surface area contributed by atoms with E-state index in [1.165, 1.54) is 11.8 Å². The summed E-state index contributed by atoms with van der Waals surface area (Å²) in [5.74, 6) is 1.85. The number of amides is 1. The zero-order valence-corrected chi connectivity index (χ0v) is 17.9. The van der Waals surface area contributed by atoms with Crippen molar-refractivity contribution < 1.29 is 14.3 Å². The van der Waals surface area contributed by atoms with Crippen LogP contribution in [-0.4, -0.2) is 45.5 Å². The van der Waals surface area contributed by atoms with Gasteiger partial charge in [0, 0.05) is 17.1 Å². The van der Waals surface area contributed by atoms with E-state index in [0.29, 0.717) is 33.6 Å². The SMILES string of the molecule is COc1cc2nc(SCC(=O)Nc3cccc(C)c3)n3nc(C)nc3c2cc1OC. The molecular weight excluding hydrogens is 402 g/mol. The molecule has 1 N–H and O–H groups in total. The number of benzene rings is 2. The number of aryl methyl sites for hydroxylation is 2. The van der Waals surface area contributed by atoms with Gasteiger partial charge in [0.05, 0.1) is 25.5 Å². The van der Waals surface area contributed by atoms with Crippen molar-refractivity contribution in [3.63, 3.8) is 0 Å². The lowest BCUT2D eigenvalue weighted by Crippen LogP contribution is -2.14. The van der Waals surface area contributed by atoms with E-state index in [1.807, 2.05) is 44.2 Å². The Hall–Kier alpha value is -3.33. The summed E-state index contributed by atoms with van der Waals surface area (Å²) < 4.78 is 12.5. The zero-order valence-electron chi connectivity index (χ0n) is 17.1. The van der Waals surface area contributed by atoms with Gasteiger partial charge in [0.1, 0.15) is 5.82 Å². The van der Waals surface area contributed by atoms with Crippen molar-refractivity contribution in [1.82, 2.24) is 19.6 Å². The average Bonchev–Trinajstić information content (AvgIpc) is 3.12. The fraction of sp³-hybridized carbons (Fsp3) is 0.238. The third-order valence-electron chi connectivity index (χ3n) is 4.49. The van der Waals surface area contributed by atoms with Crippen molar-refractivity contribution in [2.24, 2.45) is 0 Å². The van der Waals surface area contributed by atoms with Crippen LogP contribution in [0.25, 0.3) is 16.6 Å². The van der Waals surface area contributed by atoms with Gasteiger partial charge in [-0.05, 0) is 37.6 Å². The van der Waals surface area contributed by atoms with Gasteiger partial charge < -0.3 is 14.8 Å². The predicted octanol–water partition coefficient (Wildman–Crippen LogP) is 3.64. The zero-order chi connectivity index (χ0) is 21.3. The van der Waals surface area contributed by atoms with Crippen LogP contribution in [-0.2, 0) is 4.79 Å². The van der Waals surface area contributed by atoms with Crippen LogP contribution in [0.3, 0.4) is 0 Å². The highest BCUT2D eigenvalue weighted by molar-refractivity contribution is 7.99. The Morgan fingerprint density at radius 2 is 1.87 bits per heavy atom. The first kappa shape index (κ1) is 20.0. The van der Waals surface area contributed by atoms with Crippen LogP contribution in [0, 0.1) is 13.8 Å². The number of carbonyl (C=O) groups excluding carboxylic acids is 1. The number of carbonyl (C=O) groups is 1. The Bertz CT molecular complexity index is 1250. The lowest BCUT2D eigenvalue weighted by atomic mass is 10.2. The summed E-state index contributed by atoms with van der Waals surface area (Å²) in [5.41, 5.74) is 3.20. The Morgan fingerprint density at radius 3 is 2.60 bits per heavy atom. The molecule has 4 rings (SSSR count). The summed E-state index contributed by atoms with van der Waals surface area (Å²) >= 11 is 1.30. The molecule has 0 bridgehead atoms. The van der Waals surface area contributed by atoms with E-state index >= 15 is 0 Å². The van der Waals surface area contributed by atoms with Crippen molar-refractivity contribution in [3.8, 4) is 11.5 Å². The van der Waals surface area contributed by atoms with Crippen molar-refractivity contribution in [1.29, 1.82) is 0 Å². The molecule has 0 saturated heterocycles. The molecule has 0 radical (unpaired) electrons. The molecule has 0 unspecified atom stereocenters. The number of ether oxygens (including phenoxy) is 2. The number of hydrogen-bond acceptors (Lipinski definition) is 7. The van der Waals surface area contributed by atoms with E-state index in [2.05, 4.69) is 15.4 Å². The van der Waals surface area contributed by atoms with Crippen LogP contribution >= 0.6 is 11.8 Å². The Kier molecular flexibility index (Phi) is 5.45. The van der Waals surface area contributed by atoms with Gasteiger partial charge in [0.25, 0.3) is 0 Å². The average molecular weight is 423 g/mol. The molecule has 2 aromatic heterocycles. The van der Waals surface area contributed by atoms with E-state index in [9.17, 15) is 4.79 Å². The Morgan fingerprint density at radius 1 is 1.10 bits per heavy atom. The maximum absolute atomic E-state index is 12.4. The molecule has 0 aliphatic heterocycles. The molecule has 0 aliphatic carbocycles. The second-order valence-corrected chi connectivity index (χ2v) is 7.66. The maximum atomic E-state index is 12.4. The number of methoxy groups -OCH3 is 2. The number of hydrogen-bond donors (Lipinski definition) is 1. The molecule has 0 atom stereocenters. The van der Waals surface area contributed by atoms with Crippen LogP contribution < -0.4 is 14.8 Å². The summed E-state index contributed by atoms with van der Waals surface area (Å²) in [7, 11) is 3.16. The Balaban J connectivity index is 1.66. The molecule has 0 fully saturated rings. The molecular formula is C21H21N5O3S. The molecule has 1 amide bonds. The van der Waals surface area contributed by atoms with Gasteiger partial charge in [-0.3, -0.25) is 4.79 Å². The number of nitrogens with zero attached hydrogens (tertiary/aromatic N) is 4. The second kappa shape index (κ2) is 8.19. The van der Waals surface area contributed by atoms with Gasteiger partial charge in [0.2, 0.25) is 5.91 Å². The number of nitrogens with one attached hydrogen (secondary N) is 1. The monoisotopic (exact) mass is 423 g/mol. The number of aromatic nitrogens is 4. The van der Waals surface area contributed by atoms with Crippen LogP contribution in [0.15, 0.2) is 41.6 Å². The number of anilines is 1. The quantitative estimate of drug-likeness (QED) is 0.374. The van der Waals surface area contributed by atoms with Gasteiger partial charge in [-0.2, -0.15) is 4.52 Å². The molecule has 2 heterocycles. The van der Waals surface area contributed by atoms with Crippen molar-refractivity contribution in [2.45, 2.75) is 19.0 Å². The number of thioether (sulfide) groups is 1. The minimum absolute atomic E-state index is 0.121. The molecule has 2 aromatic carbocycles. The fourth-order valence-electron chi connectivity index (χ4n) is 3.16. The largest absolute Gasteiger partial charge is 0.493 e. The van der Waals surface area contributed by atoms with Gasteiger partial charge >= 0.3 is 0 Å². The summed E-state index contributed by atoms with van der Waals surface area (Å²) in [6.45, 7) is 3.80. The highest BCUT2D eigenvalue weighted by Crippen LogP contribution is 2.34. The maximum Gasteiger partial charge on any atom is 0.234 e. The molecule has 0 aliphatic rings. The van der Waals surface area contributed by atoms with Crippen LogP contribution in [0.2, 0.25) is 0 Å². The second-order valence-electron chi connectivity index (χ2n) is 6.72. The van der Waals surface area contributed by atoms with Crippen LogP contribution in [0.5, 0.6) is 11.5 Å². The van der Waals surface area contributed by atoms with Crippen LogP contribution in [0.4, 0.5) is 5.69 Å². The topological polar surface area (TPSA) is 90.6 Å². The molecule has 154 valence electrons. The third kappa shape index (κ3) is 3.88. The summed E-state index contributed by atoms with van der Waals surface area (Å²) in [4.78, 5) is 21.7. The number of fused-ring (bicyclic) bond motifs is 3. The van der Waals surface area contributed by atoms with E-state index in [4.69, 9.17) is 14.5 Å². The lowest BCUT2D eigenvalue weighted by Gasteiger charge is -2.11. The summed E-state index contributed by atoms with van der Waals surface area (Å²) in [6.07, 6.45) is 0. The molecule has 4 aromatic rings. The third-order valence-corrected chi connectivity index (χ3v) is 5.42. The first-order valence-electron chi connectivity index (χ1n) is 9.27. The fourth-order valence-corrected chi connectivity index (χ4v) is 3.90.